The maximum atomic E-state index is 13.9. The quantitative estimate of drug-likeness (QED) is 0.752. The molecule has 126 valence electrons. The molecule has 2 nitrogen and oxygen atoms in total. The van der Waals surface area contributed by atoms with E-state index in [2.05, 4.69) is 0 Å². The van der Waals surface area contributed by atoms with Crippen LogP contribution in [-0.4, -0.2) is 29.4 Å². The lowest BCUT2D eigenvalue weighted by Gasteiger charge is -2.26. The van der Waals surface area contributed by atoms with Crippen molar-refractivity contribution in [1.82, 2.24) is 4.90 Å². The molecular weight excluding hydrogens is 341 g/mol. The van der Waals surface area contributed by atoms with Crippen molar-refractivity contribution in [2.24, 2.45) is 0 Å². The van der Waals surface area contributed by atoms with Crippen LogP contribution in [0.15, 0.2) is 48.5 Å². The van der Waals surface area contributed by atoms with Gasteiger partial charge in [-0.25, -0.2) is 4.39 Å². The van der Waals surface area contributed by atoms with E-state index in [4.69, 9.17) is 0 Å². The summed E-state index contributed by atoms with van der Waals surface area (Å²) in [5, 5.41) is 0. The molecule has 0 bridgehead atoms. The van der Waals surface area contributed by atoms with Crippen LogP contribution in [-0.2, 0) is 0 Å². The highest BCUT2D eigenvalue weighted by Gasteiger charge is 2.22. The van der Waals surface area contributed by atoms with Crippen LogP contribution >= 0.6 is 23.5 Å². The molecule has 1 heterocycles. The lowest BCUT2D eigenvalue weighted by molar-refractivity contribution is 0.0740. The Morgan fingerprint density at radius 3 is 2.38 bits per heavy atom. The van der Waals surface area contributed by atoms with Crippen molar-refractivity contribution >= 4 is 29.4 Å². The molecule has 1 unspecified atom stereocenters. The monoisotopic (exact) mass is 361 g/mol. The summed E-state index contributed by atoms with van der Waals surface area (Å²) in [4.78, 5) is 14.3. The molecule has 0 aromatic heterocycles. The Bertz CT molecular complexity index is 714. The zero-order valence-electron chi connectivity index (χ0n) is 13.7. The van der Waals surface area contributed by atoms with E-state index in [1.807, 2.05) is 54.7 Å². The summed E-state index contributed by atoms with van der Waals surface area (Å²) in [6.07, 6.45) is 0. The number of benzene rings is 2. The van der Waals surface area contributed by atoms with Crippen molar-refractivity contribution in [2.75, 3.05) is 18.6 Å². The molecule has 2 aromatic rings. The maximum Gasteiger partial charge on any atom is 0.254 e. The fourth-order valence-corrected chi connectivity index (χ4v) is 5.60. The van der Waals surface area contributed by atoms with Gasteiger partial charge >= 0.3 is 0 Å². The molecule has 0 saturated carbocycles. The maximum absolute atomic E-state index is 13.9. The summed E-state index contributed by atoms with van der Waals surface area (Å²) in [5.74, 6) is 1.98. The van der Waals surface area contributed by atoms with Crippen LogP contribution in [0, 0.1) is 5.82 Å². The zero-order chi connectivity index (χ0) is 17.1. The van der Waals surface area contributed by atoms with Crippen LogP contribution in [0.2, 0.25) is 0 Å². The van der Waals surface area contributed by atoms with Gasteiger partial charge in [-0.15, -0.1) is 23.5 Å². The lowest BCUT2D eigenvalue weighted by atomic mass is 10.1. The second kappa shape index (κ2) is 7.62. The second-order valence-electron chi connectivity index (χ2n) is 5.81. The Morgan fingerprint density at radius 1 is 1.12 bits per heavy atom. The Labute approximate surface area is 150 Å². The van der Waals surface area contributed by atoms with Crippen LogP contribution in [0.25, 0.3) is 0 Å². The van der Waals surface area contributed by atoms with E-state index in [0.29, 0.717) is 15.7 Å². The SMILES string of the molecule is CC(c1ccccc1F)N(C)C(=O)c1ccc(C2SCCS2)cc1. The van der Waals surface area contributed by atoms with Gasteiger partial charge in [0, 0.05) is 29.7 Å². The van der Waals surface area contributed by atoms with Crippen molar-refractivity contribution in [1.29, 1.82) is 0 Å². The zero-order valence-corrected chi connectivity index (χ0v) is 15.4. The predicted molar refractivity (Wildman–Crippen MR) is 101 cm³/mol. The van der Waals surface area contributed by atoms with Gasteiger partial charge in [0.2, 0.25) is 0 Å². The van der Waals surface area contributed by atoms with E-state index in [0.717, 1.165) is 0 Å². The number of hydrogen-bond acceptors (Lipinski definition) is 3. The standard InChI is InChI=1S/C19H20FNOS2/c1-13(16-5-3-4-6-17(16)20)21(2)18(22)14-7-9-15(10-8-14)19-23-11-12-24-19/h3-10,13,19H,11-12H2,1-2H3. The van der Waals surface area contributed by atoms with E-state index in [1.165, 1.54) is 23.1 Å². The third-order valence-corrected chi connectivity index (χ3v) is 7.41. The van der Waals surface area contributed by atoms with Gasteiger partial charge in [-0.3, -0.25) is 4.79 Å². The lowest BCUT2D eigenvalue weighted by Crippen LogP contribution is -2.30. The summed E-state index contributed by atoms with van der Waals surface area (Å²) in [5.41, 5.74) is 2.42. The van der Waals surface area contributed by atoms with Gasteiger partial charge < -0.3 is 4.90 Å². The van der Waals surface area contributed by atoms with Crippen molar-refractivity contribution in [3.63, 3.8) is 0 Å². The molecule has 1 aliphatic heterocycles. The molecule has 5 heteroatoms. The summed E-state index contributed by atoms with van der Waals surface area (Å²) in [6, 6.07) is 14.1. The Morgan fingerprint density at radius 2 is 1.75 bits per heavy atom. The average molecular weight is 362 g/mol. The highest BCUT2D eigenvalue weighted by molar-refractivity contribution is 8.19. The normalized spacial score (nSPS) is 16.1. The van der Waals surface area contributed by atoms with Gasteiger partial charge in [0.15, 0.2) is 0 Å². The van der Waals surface area contributed by atoms with Gasteiger partial charge in [-0.1, -0.05) is 30.3 Å². The predicted octanol–water partition coefficient (Wildman–Crippen LogP) is 5.14. The summed E-state index contributed by atoms with van der Waals surface area (Å²) >= 11 is 3.89. The molecule has 2 aromatic carbocycles. The van der Waals surface area contributed by atoms with Crippen molar-refractivity contribution in [3.05, 3.63) is 71.0 Å². The first-order chi connectivity index (χ1) is 11.6. The molecule has 1 aliphatic rings. The smallest absolute Gasteiger partial charge is 0.254 e. The number of halogens is 1. The Balaban J connectivity index is 1.74. The number of nitrogens with zero attached hydrogens (tertiary/aromatic N) is 1. The van der Waals surface area contributed by atoms with Gasteiger partial charge in [0.25, 0.3) is 5.91 Å². The summed E-state index contributed by atoms with van der Waals surface area (Å²) in [6.45, 7) is 1.84. The van der Waals surface area contributed by atoms with Crippen LogP contribution in [0.3, 0.4) is 0 Å². The van der Waals surface area contributed by atoms with Gasteiger partial charge in [-0.05, 0) is 30.7 Å². The minimum atomic E-state index is -0.320. The molecule has 0 N–H and O–H groups in total. The summed E-state index contributed by atoms with van der Waals surface area (Å²) in [7, 11) is 1.72. The first kappa shape index (κ1) is 17.4. The highest BCUT2D eigenvalue weighted by Crippen LogP contribution is 2.45. The number of amides is 1. The van der Waals surface area contributed by atoms with Crippen molar-refractivity contribution < 1.29 is 9.18 Å². The van der Waals surface area contributed by atoms with Crippen LogP contribution in [0.4, 0.5) is 4.39 Å². The third kappa shape index (κ3) is 3.62. The van der Waals surface area contributed by atoms with Crippen molar-refractivity contribution in [3.8, 4) is 0 Å². The van der Waals surface area contributed by atoms with Crippen molar-refractivity contribution in [2.45, 2.75) is 17.5 Å². The van der Waals surface area contributed by atoms with E-state index in [-0.39, 0.29) is 17.8 Å². The number of carbonyl (C=O) groups is 1. The fourth-order valence-electron chi connectivity index (χ4n) is 2.74. The number of thioether (sulfide) groups is 2. The second-order valence-corrected chi connectivity index (χ2v) is 8.53. The molecule has 0 aliphatic carbocycles. The highest BCUT2D eigenvalue weighted by atomic mass is 32.2. The third-order valence-electron chi connectivity index (χ3n) is 4.31. The molecule has 1 fully saturated rings. The molecule has 3 rings (SSSR count). The largest absolute Gasteiger partial charge is 0.335 e. The summed E-state index contributed by atoms with van der Waals surface area (Å²) < 4.78 is 14.4. The number of carbonyl (C=O) groups excluding carboxylic acids is 1. The van der Waals surface area contributed by atoms with E-state index >= 15 is 0 Å². The average Bonchev–Trinajstić information content (AvgIpc) is 3.15. The minimum absolute atomic E-state index is 0.0935. The molecule has 1 amide bonds. The molecule has 0 radical (unpaired) electrons. The van der Waals surface area contributed by atoms with Gasteiger partial charge in [-0.2, -0.15) is 0 Å². The van der Waals surface area contributed by atoms with Crippen LogP contribution in [0.5, 0.6) is 0 Å². The molecule has 1 saturated heterocycles. The number of rotatable bonds is 4. The molecule has 1 atom stereocenters. The molecular formula is C19H20FNOS2. The Kier molecular flexibility index (Phi) is 5.51. The van der Waals surface area contributed by atoms with Gasteiger partial charge in [0.05, 0.1) is 10.6 Å². The van der Waals surface area contributed by atoms with E-state index < -0.39 is 0 Å². The van der Waals surface area contributed by atoms with Gasteiger partial charge in [0.1, 0.15) is 5.82 Å². The number of hydrogen-bond donors (Lipinski definition) is 0. The first-order valence-corrected chi connectivity index (χ1v) is 10.0. The fraction of sp³-hybridized carbons (Fsp3) is 0.316. The molecule has 0 spiro atoms. The van der Waals surface area contributed by atoms with Crippen LogP contribution < -0.4 is 0 Å². The molecule has 24 heavy (non-hydrogen) atoms. The van der Waals surface area contributed by atoms with Crippen LogP contribution in [0.1, 0.15) is 39.0 Å². The first-order valence-electron chi connectivity index (χ1n) is 7.92. The van der Waals surface area contributed by atoms with E-state index in [1.54, 1.807) is 30.1 Å². The minimum Gasteiger partial charge on any atom is -0.335 e. The topological polar surface area (TPSA) is 20.3 Å². The Hall–Kier alpha value is -1.46. The van der Waals surface area contributed by atoms with E-state index in [9.17, 15) is 9.18 Å².